The van der Waals surface area contributed by atoms with Crippen molar-refractivity contribution in [2.45, 2.75) is 11.6 Å². The number of pyridine rings is 1. The molecule has 1 atom stereocenters. The SMILES string of the molecule is S=C1NC(c2c3ccccc3nc3ccccc23)C2(N1)c1ccccc1Nc1ccccc12. The zero-order chi connectivity index (χ0) is 22.0. The van der Waals surface area contributed by atoms with Crippen LogP contribution in [0.15, 0.2) is 97.1 Å². The van der Waals surface area contributed by atoms with Gasteiger partial charge in [0.2, 0.25) is 0 Å². The van der Waals surface area contributed by atoms with Crippen molar-refractivity contribution in [3.8, 4) is 0 Å². The van der Waals surface area contributed by atoms with E-state index in [9.17, 15) is 0 Å². The number of thiocarbonyl (C=S) groups is 1. The summed E-state index contributed by atoms with van der Waals surface area (Å²) in [5, 5.41) is 13.9. The zero-order valence-corrected chi connectivity index (χ0v) is 18.5. The van der Waals surface area contributed by atoms with Crippen LogP contribution in [0.5, 0.6) is 0 Å². The van der Waals surface area contributed by atoms with E-state index in [-0.39, 0.29) is 6.04 Å². The first-order valence-electron chi connectivity index (χ1n) is 11.1. The summed E-state index contributed by atoms with van der Waals surface area (Å²) in [4.78, 5) is 4.96. The average Bonchev–Trinajstić information content (AvgIpc) is 3.19. The van der Waals surface area contributed by atoms with Crippen LogP contribution >= 0.6 is 12.2 Å². The summed E-state index contributed by atoms with van der Waals surface area (Å²) in [5.74, 6) is 0. The number of fused-ring (bicyclic) bond motifs is 6. The molecule has 0 amide bonds. The van der Waals surface area contributed by atoms with Gasteiger partial charge in [-0.15, -0.1) is 0 Å². The van der Waals surface area contributed by atoms with Crippen LogP contribution in [0.3, 0.4) is 0 Å². The maximum absolute atomic E-state index is 5.79. The molecular weight excluding hydrogens is 424 g/mol. The fourth-order valence-corrected chi connectivity index (χ4v) is 5.89. The molecule has 5 heteroatoms. The van der Waals surface area contributed by atoms with Crippen molar-refractivity contribution in [2.75, 3.05) is 5.32 Å². The van der Waals surface area contributed by atoms with Crippen molar-refractivity contribution in [2.24, 2.45) is 0 Å². The van der Waals surface area contributed by atoms with Gasteiger partial charge in [-0.2, -0.15) is 0 Å². The summed E-state index contributed by atoms with van der Waals surface area (Å²) in [6.07, 6.45) is 0. The molecule has 2 aliphatic rings. The van der Waals surface area contributed by atoms with Crippen molar-refractivity contribution in [3.05, 3.63) is 114 Å². The van der Waals surface area contributed by atoms with Crippen LogP contribution in [0.2, 0.25) is 0 Å². The number of hydrogen-bond donors (Lipinski definition) is 3. The summed E-state index contributed by atoms with van der Waals surface area (Å²) in [6.45, 7) is 0. The van der Waals surface area contributed by atoms with Crippen LogP contribution in [-0.4, -0.2) is 10.1 Å². The molecule has 33 heavy (non-hydrogen) atoms. The molecular formula is C28H20N4S. The van der Waals surface area contributed by atoms with Crippen molar-refractivity contribution < 1.29 is 0 Å². The summed E-state index contributed by atoms with van der Waals surface area (Å²) in [6, 6.07) is 33.6. The van der Waals surface area contributed by atoms with Gasteiger partial charge < -0.3 is 16.0 Å². The molecule has 1 saturated heterocycles. The number of hydrogen-bond acceptors (Lipinski definition) is 3. The van der Waals surface area contributed by atoms with E-state index in [4.69, 9.17) is 17.2 Å². The molecule has 7 rings (SSSR count). The molecule has 4 aromatic carbocycles. The fourth-order valence-electron chi connectivity index (χ4n) is 5.61. The molecule has 3 heterocycles. The predicted molar refractivity (Wildman–Crippen MR) is 138 cm³/mol. The van der Waals surface area contributed by atoms with Crippen molar-refractivity contribution in [1.29, 1.82) is 0 Å². The molecule has 4 nitrogen and oxygen atoms in total. The van der Waals surface area contributed by atoms with Gasteiger partial charge in [0.1, 0.15) is 5.54 Å². The highest BCUT2D eigenvalue weighted by molar-refractivity contribution is 7.80. The first kappa shape index (κ1) is 18.6. The molecule has 1 spiro atoms. The maximum atomic E-state index is 5.79. The van der Waals surface area contributed by atoms with Gasteiger partial charge in [0.15, 0.2) is 5.11 Å². The number of nitrogens with zero attached hydrogens (tertiary/aromatic N) is 1. The van der Waals surface area contributed by atoms with Gasteiger partial charge in [-0.1, -0.05) is 72.8 Å². The molecule has 0 saturated carbocycles. The Labute approximate surface area is 196 Å². The minimum atomic E-state index is -0.567. The highest BCUT2D eigenvalue weighted by atomic mass is 32.1. The fraction of sp³-hybridized carbons (Fsp3) is 0.0714. The summed E-state index contributed by atoms with van der Waals surface area (Å²) in [7, 11) is 0. The molecule has 3 N–H and O–H groups in total. The largest absolute Gasteiger partial charge is 0.355 e. The Morgan fingerprint density at radius 3 is 1.79 bits per heavy atom. The monoisotopic (exact) mass is 444 g/mol. The molecule has 0 bridgehead atoms. The predicted octanol–water partition coefficient (Wildman–Crippen LogP) is 5.91. The number of aromatic nitrogens is 1. The second kappa shape index (κ2) is 6.77. The lowest BCUT2D eigenvalue weighted by Crippen LogP contribution is -2.46. The minimum absolute atomic E-state index is 0.132. The molecule has 158 valence electrons. The number of para-hydroxylation sites is 4. The summed E-state index contributed by atoms with van der Waals surface area (Å²) < 4.78 is 0. The molecule has 0 radical (unpaired) electrons. The smallest absolute Gasteiger partial charge is 0.167 e. The van der Waals surface area contributed by atoms with E-state index in [0.29, 0.717) is 5.11 Å². The van der Waals surface area contributed by atoms with E-state index in [1.54, 1.807) is 0 Å². The third kappa shape index (κ3) is 2.51. The molecule has 2 aliphatic heterocycles. The standard InChI is InChI=1S/C28H20N4S/c33-27-31-26(25-17-9-1-5-13-21(17)29-22-14-6-2-10-18(22)25)28(32-27)19-11-3-7-15-23(19)30-24-16-8-4-12-20(24)28/h1-16,26,30H,(H2,31,32,33). The Hall–Kier alpha value is -3.96. The van der Waals surface area contributed by atoms with Gasteiger partial charge >= 0.3 is 0 Å². The van der Waals surface area contributed by atoms with E-state index in [1.165, 1.54) is 16.7 Å². The van der Waals surface area contributed by atoms with Crippen LogP contribution in [0.4, 0.5) is 11.4 Å². The van der Waals surface area contributed by atoms with Crippen LogP contribution in [0, 0.1) is 0 Å². The molecule has 5 aromatic rings. The van der Waals surface area contributed by atoms with Crippen LogP contribution < -0.4 is 16.0 Å². The van der Waals surface area contributed by atoms with Crippen molar-refractivity contribution in [3.63, 3.8) is 0 Å². The van der Waals surface area contributed by atoms with E-state index < -0.39 is 5.54 Å². The number of anilines is 2. The van der Waals surface area contributed by atoms with Crippen LogP contribution in [0.25, 0.3) is 21.8 Å². The molecule has 1 unspecified atom stereocenters. The van der Waals surface area contributed by atoms with Crippen molar-refractivity contribution in [1.82, 2.24) is 15.6 Å². The van der Waals surface area contributed by atoms with Gasteiger partial charge in [-0.05, 0) is 42.0 Å². The second-order valence-electron chi connectivity index (χ2n) is 8.62. The lowest BCUT2D eigenvalue weighted by atomic mass is 9.71. The Balaban J connectivity index is 1.63. The maximum Gasteiger partial charge on any atom is 0.167 e. The van der Waals surface area contributed by atoms with Gasteiger partial charge in [0.05, 0.1) is 17.1 Å². The highest BCUT2D eigenvalue weighted by Crippen LogP contribution is 2.53. The highest BCUT2D eigenvalue weighted by Gasteiger charge is 2.53. The van der Waals surface area contributed by atoms with Gasteiger partial charge in [0, 0.05) is 33.3 Å². The summed E-state index contributed by atoms with van der Waals surface area (Å²) >= 11 is 5.79. The first-order chi connectivity index (χ1) is 16.3. The third-order valence-electron chi connectivity index (χ3n) is 6.91. The number of benzene rings is 4. The zero-order valence-electron chi connectivity index (χ0n) is 17.7. The van der Waals surface area contributed by atoms with Crippen LogP contribution in [0.1, 0.15) is 22.7 Å². The topological polar surface area (TPSA) is 49.0 Å². The lowest BCUT2D eigenvalue weighted by Gasteiger charge is -2.42. The quantitative estimate of drug-likeness (QED) is 0.222. The number of rotatable bonds is 1. The Morgan fingerprint density at radius 2 is 1.18 bits per heavy atom. The Morgan fingerprint density at radius 1 is 0.667 bits per heavy atom. The van der Waals surface area contributed by atoms with E-state index in [0.717, 1.165) is 33.2 Å². The lowest BCUT2D eigenvalue weighted by molar-refractivity contribution is 0.417. The third-order valence-corrected chi connectivity index (χ3v) is 7.13. The average molecular weight is 445 g/mol. The summed E-state index contributed by atoms with van der Waals surface area (Å²) in [5.41, 5.74) is 7.12. The molecule has 0 aliphatic carbocycles. The molecule has 1 aromatic heterocycles. The number of nitrogens with one attached hydrogen (secondary N) is 3. The Bertz CT molecular complexity index is 1490. The normalized spacial score (nSPS) is 17.8. The Kier molecular flexibility index (Phi) is 3.81. The second-order valence-corrected chi connectivity index (χ2v) is 9.02. The molecule has 1 fully saturated rings. The van der Waals surface area contributed by atoms with Gasteiger partial charge in [-0.25, -0.2) is 4.98 Å². The first-order valence-corrected chi connectivity index (χ1v) is 11.5. The van der Waals surface area contributed by atoms with E-state index >= 15 is 0 Å². The van der Waals surface area contributed by atoms with Gasteiger partial charge in [0.25, 0.3) is 0 Å². The minimum Gasteiger partial charge on any atom is -0.355 e. The van der Waals surface area contributed by atoms with E-state index in [2.05, 4.69) is 101 Å². The van der Waals surface area contributed by atoms with Crippen LogP contribution in [-0.2, 0) is 5.54 Å². The van der Waals surface area contributed by atoms with E-state index in [1.807, 2.05) is 12.1 Å². The van der Waals surface area contributed by atoms with Crippen molar-refractivity contribution >= 4 is 50.5 Å². The van der Waals surface area contributed by atoms with Gasteiger partial charge in [-0.3, -0.25) is 0 Å².